The fourth-order valence-corrected chi connectivity index (χ4v) is 2.36. The summed E-state index contributed by atoms with van der Waals surface area (Å²) in [5.74, 6) is 1.09. The first-order chi connectivity index (χ1) is 10.1. The molecule has 0 spiro atoms. The lowest BCUT2D eigenvalue weighted by atomic mass is 10.1. The molecular weight excluding hydrogens is 272 g/mol. The number of amides is 2. The number of nitrogens with zero attached hydrogens (tertiary/aromatic N) is 1. The van der Waals surface area contributed by atoms with Gasteiger partial charge in [0.1, 0.15) is 6.04 Å². The molecule has 2 aliphatic heterocycles. The first-order valence-corrected chi connectivity index (χ1v) is 6.81. The van der Waals surface area contributed by atoms with Crippen LogP contribution in [0.25, 0.3) is 6.08 Å². The van der Waals surface area contributed by atoms with Crippen LogP contribution in [0.2, 0.25) is 0 Å². The van der Waals surface area contributed by atoms with Crippen molar-refractivity contribution in [1.29, 1.82) is 0 Å². The molecule has 110 valence electrons. The van der Waals surface area contributed by atoms with Crippen LogP contribution in [0.15, 0.2) is 24.3 Å². The first kappa shape index (κ1) is 13.5. The fourth-order valence-electron chi connectivity index (χ4n) is 2.36. The highest BCUT2D eigenvalue weighted by molar-refractivity contribution is 5.96. The molecule has 1 N–H and O–H groups in total. The van der Waals surface area contributed by atoms with Crippen LogP contribution in [0.3, 0.4) is 0 Å². The second-order valence-electron chi connectivity index (χ2n) is 4.94. The highest BCUT2D eigenvalue weighted by Crippen LogP contribution is 2.32. The van der Waals surface area contributed by atoms with E-state index < -0.39 is 6.04 Å². The highest BCUT2D eigenvalue weighted by Gasteiger charge is 2.27. The van der Waals surface area contributed by atoms with E-state index in [0.29, 0.717) is 24.6 Å². The Kier molecular flexibility index (Phi) is 3.51. The van der Waals surface area contributed by atoms with Crippen LogP contribution in [0.1, 0.15) is 12.5 Å². The van der Waals surface area contributed by atoms with E-state index in [2.05, 4.69) is 5.32 Å². The van der Waals surface area contributed by atoms with Crippen molar-refractivity contribution in [3.63, 3.8) is 0 Å². The second kappa shape index (κ2) is 5.47. The van der Waals surface area contributed by atoms with Crippen molar-refractivity contribution in [3.8, 4) is 11.5 Å². The van der Waals surface area contributed by atoms with Gasteiger partial charge in [0.05, 0.1) is 0 Å². The standard InChI is InChI=1S/C15H16N2O4/c1-10-15(19)16-6-7-17(10)14(18)5-3-11-2-4-12-13(8-11)21-9-20-12/h2-5,8,10H,6-7,9H2,1H3,(H,16,19). The Morgan fingerprint density at radius 3 is 3.05 bits per heavy atom. The number of rotatable bonds is 2. The first-order valence-electron chi connectivity index (χ1n) is 6.81. The van der Waals surface area contributed by atoms with E-state index in [1.807, 2.05) is 18.2 Å². The smallest absolute Gasteiger partial charge is 0.247 e. The quantitative estimate of drug-likeness (QED) is 0.816. The molecule has 1 saturated heterocycles. The fraction of sp³-hybridized carbons (Fsp3) is 0.333. The number of carbonyl (C=O) groups excluding carboxylic acids is 2. The maximum absolute atomic E-state index is 12.2. The summed E-state index contributed by atoms with van der Waals surface area (Å²) in [6.07, 6.45) is 3.19. The monoisotopic (exact) mass is 288 g/mol. The Balaban J connectivity index is 1.70. The van der Waals surface area contributed by atoms with Crippen molar-refractivity contribution >= 4 is 17.9 Å². The van der Waals surface area contributed by atoms with Crippen LogP contribution in [0, 0.1) is 0 Å². The molecule has 21 heavy (non-hydrogen) atoms. The van der Waals surface area contributed by atoms with Gasteiger partial charge in [0.25, 0.3) is 0 Å². The summed E-state index contributed by atoms with van der Waals surface area (Å²) in [5, 5.41) is 2.73. The maximum atomic E-state index is 12.2. The topological polar surface area (TPSA) is 67.9 Å². The Bertz CT molecular complexity index is 612. The van der Waals surface area contributed by atoms with Crippen LogP contribution in [-0.2, 0) is 9.59 Å². The summed E-state index contributed by atoms with van der Waals surface area (Å²) < 4.78 is 10.5. The SMILES string of the molecule is CC1C(=O)NCCN1C(=O)C=Cc1ccc2c(c1)OCO2. The average Bonchev–Trinajstić information content (AvgIpc) is 2.95. The zero-order valence-electron chi connectivity index (χ0n) is 11.7. The van der Waals surface area contributed by atoms with Gasteiger partial charge in [-0.2, -0.15) is 0 Å². The predicted molar refractivity (Wildman–Crippen MR) is 75.8 cm³/mol. The van der Waals surface area contributed by atoms with Crippen molar-refractivity contribution in [2.45, 2.75) is 13.0 Å². The molecular formula is C15H16N2O4. The van der Waals surface area contributed by atoms with Crippen molar-refractivity contribution in [2.24, 2.45) is 0 Å². The molecule has 2 amide bonds. The van der Waals surface area contributed by atoms with Crippen LogP contribution >= 0.6 is 0 Å². The molecule has 1 fully saturated rings. The van der Waals surface area contributed by atoms with Gasteiger partial charge in [0, 0.05) is 19.2 Å². The number of benzene rings is 1. The van der Waals surface area contributed by atoms with E-state index in [-0.39, 0.29) is 18.6 Å². The Labute approximate surface area is 122 Å². The Morgan fingerprint density at radius 2 is 2.19 bits per heavy atom. The van der Waals surface area contributed by atoms with Crippen molar-refractivity contribution in [3.05, 3.63) is 29.8 Å². The summed E-state index contributed by atoms with van der Waals surface area (Å²) in [7, 11) is 0. The van der Waals surface area contributed by atoms with Crippen LogP contribution in [-0.4, -0.2) is 42.6 Å². The van der Waals surface area contributed by atoms with Gasteiger partial charge in [-0.3, -0.25) is 9.59 Å². The average molecular weight is 288 g/mol. The molecule has 0 bridgehead atoms. The highest BCUT2D eigenvalue weighted by atomic mass is 16.7. The minimum Gasteiger partial charge on any atom is -0.454 e. The van der Waals surface area contributed by atoms with E-state index in [1.54, 1.807) is 17.9 Å². The van der Waals surface area contributed by atoms with Gasteiger partial charge < -0.3 is 19.7 Å². The zero-order chi connectivity index (χ0) is 14.8. The van der Waals surface area contributed by atoms with Gasteiger partial charge in [0.2, 0.25) is 18.6 Å². The molecule has 2 heterocycles. The molecule has 0 aliphatic carbocycles. The van der Waals surface area contributed by atoms with Crippen LogP contribution in [0.5, 0.6) is 11.5 Å². The lowest BCUT2D eigenvalue weighted by Gasteiger charge is -2.31. The van der Waals surface area contributed by atoms with E-state index in [1.165, 1.54) is 6.08 Å². The summed E-state index contributed by atoms with van der Waals surface area (Å²) in [6.45, 7) is 2.96. The maximum Gasteiger partial charge on any atom is 0.247 e. The molecule has 0 aromatic heterocycles. The molecule has 1 atom stereocenters. The number of hydrogen-bond donors (Lipinski definition) is 1. The van der Waals surface area contributed by atoms with E-state index in [0.717, 1.165) is 5.56 Å². The molecule has 0 radical (unpaired) electrons. The van der Waals surface area contributed by atoms with Gasteiger partial charge >= 0.3 is 0 Å². The molecule has 1 aromatic carbocycles. The number of hydrogen-bond acceptors (Lipinski definition) is 4. The van der Waals surface area contributed by atoms with E-state index in [4.69, 9.17) is 9.47 Å². The lowest BCUT2D eigenvalue weighted by Crippen LogP contribution is -2.55. The number of piperazine rings is 1. The third-order valence-electron chi connectivity index (χ3n) is 3.60. The number of fused-ring (bicyclic) bond motifs is 1. The molecule has 6 heteroatoms. The number of carbonyl (C=O) groups is 2. The van der Waals surface area contributed by atoms with Crippen LogP contribution < -0.4 is 14.8 Å². The van der Waals surface area contributed by atoms with E-state index in [9.17, 15) is 9.59 Å². The molecule has 3 rings (SSSR count). The largest absolute Gasteiger partial charge is 0.454 e. The molecule has 0 saturated carbocycles. The minimum absolute atomic E-state index is 0.119. The van der Waals surface area contributed by atoms with Gasteiger partial charge in [-0.05, 0) is 30.7 Å². The Hall–Kier alpha value is -2.50. The van der Waals surface area contributed by atoms with E-state index >= 15 is 0 Å². The van der Waals surface area contributed by atoms with Gasteiger partial charge in [0.15, 0.2) is 11.5 Å². The third-order valence-corrected chi connectivity index (χ3v) is 3.60. The van der Waals surface area contributed by atoms with Gasteiger partial charge in [-0.25, -0.2) is 0 Å². The van der Waals surface area contributed by atoms with Crippen molar-refractivity contribution < 1.29 is 19.1 Å². The minimum atomic E-state index is -0.437. The van der Waals surface area contributed by atoms with Crippen molar-refractivity contribution in [1.82, 2.24) is 10.2 Å². The lowest BCUT2D eigenvalue weighted by molar-refractivity contribution is -0.139. The third kappa shape index (κ3) is 2.69. The van der Waals surface area contributed by atoms with Crippen molar-refractivity contribution in [2.75, 3.05) is 19.9 Å². The predicted octanol–water partition coefficient (Wildman–Crippen LogP) is 0.775. The molecule has 6 nitrogen and oxygen atoms in total. The molecule has 2 aliphatic rings. The summed E-state index contributed by atoms with van der Waals surface area (Å²) in [4.78, 5) is 25.3. The zero-order valence-corrected chi connectivity index (χ0v) is 11.7. The molecule has 1 aromatic rings. The van der Waals surface area contributed by atoms with Crippen LogP contribution in [0.4, 0.5) is 0 Å². The summed E-state index contributed by atoms with van der Waals surface area (Å²) >= 11 is 0. The second-order valence-corrected chi connectivity index (χ2v) is 4.94. The van der Waals surface area contributed by atoms with Gasteiger partial charge in [-0.1, -0.05) is 6.07 Å². The Morgan fingerprint density at radius 1 is 1.38 bits per heavy atom. The van der Waals surface area contributed by atoms with Gasteiger partial charge in [-0.15, -0.1) is 0 Å². The number of nitrogens with one attached hydrogen (secondary N) is 1. The summed E-state index contributed by atoms with van der Waals surface area (Å²) in [5.41, 5.74) is 0.849. The molecule has 1 unspecified atom stereocenters. The normalized spacial score (nSPS) is 20.7. The number of ether oxygens (including phenoxy) is 2. The summed E-state index contributed by atoms with van der Waals surface area (Å²) in [6, 6.07) is 5.04.